The molecule has 2 fully saturated rings. The molecular weight excluding hydrogens is 555 g/mol. The van der Waals surface area contributed by atoms with Crippen molar-refractivity contribution in [2.45, 2.75) is 41.7 Å². The highest BCUT2D eigenvalue weighted by Gasteiger charge is 2.47. The Balaban J connectivity index is 1.43. The number of sulfone groups is 1. The lowest BCUT2D eigenvalue weighted by Gasteiger charge is -2.53. The van der Waals surface area contributed by atoms with Crippen LogP contribution in [0.2, 0.25) is 10.0 Å². The van der Waals surface area contributed by atoms with Gasteiger partial charge in [0.05, 0.1) is 31.8 Å². The Kier molecular flexibility index (Phi) is 8.09. The number of nitrogens with zero attached hydrogens (tertiary/aromatic N) is 2. The first-order chi connectivity index (χ1) is 18.6. The number of halogens is 2. The molecule has 2 aliphatic heterocycles. The van der Waals surface area contributed by atoms with E-state index in [1.165, 1.54) is 0 Å². The first kappa shape index (κ1) is 28.1. The van der Waals surface area contributed by atoms with Crippen LogP contribution in [-0.2, 0) is 15.4 Å². The second-order valence-electron chi connectivity index (χ2n) is 10.7. The number of carbonyl (C=O) groups excluding carboxylic acids is 1. The molecule has 3 aromatic rings. The monoisotopic (exact) mass is 586 g/mol. The van der Waals surface area contributed by atoms with Crippen LogP contribution in [0, 0.1) is 0 Å². The summed E-state index contributed by atoms with van der Waals surface area (Å²) in [5.74, 6) is -0.303. The Bertz CT molecular complexity index is 1440. The number of aliphatic hydroxyl groups is 1. The molecule has 1 atom stereocenters. The van der Waals surface area contributed by atoms with Gasteiger partial charge >= 0.3 is 0 Å². The van der Waals surface area contributed by atoms with Crippen molar-refractivity contribution >= 4 is 45.0 Å². The number of hydrogen-bond donors (Lipinski definition) is 1. The average molecular weight is 588 g/mol. The van der Waals surface area contributed by atoms with E-state index in [9.17, 15) is 18.3 Å². The van der Waals surface area contributed by atoms with Crippen molar-refractivity contribution in [2.24, 2.45) is 0 Å². The molecule has 5 rings (SSSR count). The van der Waals surface area contributed by atoms with Crippen LogP contribution in [0.4, 0.5) is 5.69 Å². The summed E-state index contributed by atoms with van der Waals surface area (Å²) in [6.45, 7) is 2.57. The summed E-state index contributed by atoms with van der Waals surface area (Å²) in [5, 5.41) is 12.4. The van der Waals surface area contributed by atoms with Crippen molar-refractivity contribution in [1.82, 2.24) is 4.90 Å². The highest BCUT2D eigenvalue weighted by atomic mass is 35.5. The maximum absolute atomic E-state index is 13.1. The van der Waals surface area contributed by atoms with Gasteiger partial charge in [-0.2, -0.15) is 0 Å². The standard InChI is InChI=1S/C30H32Cl2N2O4S/c31-27-11-10-24(19-28(27)32)30(12-5-15-33(21-30)25-7-4-6-23(18-25)20-35)34-16-13-29(36,14-17-34)22-39(37,38)26-8-2-1-3-9-26/h1-4,6-11,18-20,36H,5,12-17,21-22H2. The van der Waals surface area contributed by atoms with Crippen LogP contribution in [-0.4, -0.2) is 62.2 Å². The maximum Gasteiger partial charge on any atom is 0.181 e. The zero-order chi connectivity index (χ0) is 27.7. The maximum atomic E-state index is 13.1. The van der Waals surface area contributed by atoms with Crippen LogP contribution in [0.3, 0.4) is 0 Å². The third-order valence-corrected chi connectivity index (χ3v) is 10.8. The highest BCUT2D eigenvalue weighted by Crippen LogP contribution is 2.43. The van der Waals surface area contributed by atoms with Crippen molar-refractivity contribution in [1.29, 1.82) is 0 Å². The van der Waals surface area contributed by atoms with Gasteiger partial charge < -0.3 is 10.0 Å². The third-order valence-electron chi connectivity index (χ3n) is 8.16. The fourth-order valence-electron chi connectivity index (χ4n) is 6.07. The normalized spacial score (nSPS) is 22.0. The van der Waals surface area contributed by atoms with Gasteiger partial charge in [-0.15, -0.1) is 0 Å². The number of aldehydes is 1. The Hall–Kier alpha value is -2.42. The number of benzene rings is 3. The minimum absolute atomic E-state index is 0.230. The van der Waals surface area contributed by atoms with Crippen molar-refractivity contribution in [2.75, 3.05) is 36.8 Å². The SMILES string of the molecule is O=Cc1cccc(N2CCCC(c3ccc(Cl)c(Cl)c3)(N3CCC(O)(CS(=O)(=O)c4ccccc4)CC3)C2)c1. The van der Waals surface area contributed by atoms with E-state index in [0.29, 0.717) is 48.1 Å². The molecular formula is C30H32Cl2N2O4S. The van der Waals surface area contributed by atoms with E-state index in [2.05, 4.69) is 9.80 Å². The summed E-state index contributed by atoms with van der Waals surface area (Å²) in [7, 11) is -3.63. The summed E-state index contributed by atoms with van der Waals surface area (Å²) in [6.07, 6.45) is 3.31. The molecule has 6 nitrogen and oxygen atoms in total. The highest BCUT2D eigenvalue weighted by molar-refractivity contribution is 7.91. The van der Waals surface area contributed by atoms with Crippen LogP contribution in [0.1, 0.15) is 41.6 Å². The summed E-state index contributed by atoms with van der Waals surface area (Å²) in [4.78, 5) is 16.3. The van der Waals surface area contributed by atoms with E-state index < -0.39 is 21.0 Å². The lowest BCUT2D eigenvalue weighted by Crippen LogP contribution is -2.61. The zero-order valence-electron chi connectivity index (χ0n) is 21.6. The zero-order valence-corrected chi connectivity index (χ0v) is 23.9. The number of rotatable bonds is 7. The number of likely N-dealkylation sites (tertiary alicyclic amines) is 1. The fourth-order valence-corrected chi connectivity index (χ4v) is 8.11. The largest absolute Gasteiger partial charge is 0.389 e. The average Bonchev–Trinajstić information content (AvgIpc) is 2.95. The molecule has 0 spiro atoms. The molecule has 0 amide bonds. The van der Waals surface area contributed by atoms with Crippen LogP contribution < -0.4 is 4.90 Å². The number of anilines is 1. The van der Waals surface area contributed by atoms with Crippen molar-refractivity contribution < 1.29 is 18.3 Å². The molecule has 206 valence electrons. The second kappa shape index (κ2) is 11.2. The first-order valence-corrected chi connectivity index (χ1v) is 15.6. The predicted molar refractivity (Wildman–Crippen MR) is 156 cm³/mol. The van der Waals surface area contributed by atoms with Crippen LogP contribution in [0.5, 0.6) is 0 Å². The Labute approximate surface area is 240 Å². The summed E-state index contributed by atoms with van der Waals surface area (Å²) in [6, 6.07) is 21.7. The predicted octanol–water partition coefficient (Wildman–Crippen LogP) is 5.60. The molecule has 2 saturated heterocycles. The second-order valence-corrected chi connectivity index (χ2v) is 13.5. The smallest absolute Gasteiger partial charge is 0.181 e. The number of piperidine rings is 2. The molecule has 0 saturated carbocycles. The van der Waals surface area contributed by atoms with Gasteiger partial charge in [-0.1, -0.05) is 59.6 Å². The van der Waals surface area contributed by atoms with E-state index in [1.54, 1.807) is 36.4 Å². The van der Waals surface area contributed by atoms with Gasteiger partial charge in [0.1, 0.15) is 6.29 Å². The van der Waals surface area contributed by atoms with Crippen molar-refractivity contribution in [3.63, 3.8) is 0 Å². The van der Waals surface area contributed by atoms with Crippen molar-refractivity contribution in [3.05, 3.63) is 94.0 Å². The first-order valence-electron chi connectivity index (χ1n) is 13.2. The van der Waals surface area contributed by atoms with E-state index in [4.69, 9.17) is 23.2 Å². The molecule has 0 aromatic heterocycles. The lowest BCUT2D eigenvalue weighted by atomic mass is 9.78. The van der Waals surface area contributed by atoms with Gasteiger partial charge in [-0.05, 0) is 67.6 Å². The van der Waals surface area contributed by atoms with Crippen LogP contribution in [0.25, 0.3) is 0 Å². The van der Waals surface area contributed by atoms with E-state index in [0.717, 1.165) is 36.9 Å². The Morgan fingerprint density at radius 2 is 1.62 bits per heavy atom. The molecule has 2 aliphatic rings. The van der Waals surface area contributed by atoms with Gasteiger partial charge in [-0.25, -0.2) is 8.42 Å². The fraction of sp³-hybridized carbons (Fsp3) is 0.367. The van der Waals surface area contributed by atoms with Crippen molar-refractivity contribution in [3.8, 4) is 0 Å². The summed E-state index contributed by atoms with van der Waals surface area (Å²) < 4.78 is 26.1. The molecule has 9 heteroatoms. The Morgan fingerprint density at radius 3 is 2.31 bits per heavy atom. The third kappa shape index (κ3) is 5.88. The van der Waals surface area contributed by atoms with E-state index in [1.807, 2.05) is 36.4 Å². The molecule has 2 heterocycles. The summed E-state index contributed by atoms with van der Waals surface area (Å²) >= 11 is 12.8. The minimum Gasteiger partial charge on any atom is -0.389 e. The van der Waals surface area contributed by atoms with Gasteiger partial charge in [0.15, 0.2) is 9.84 Å². The lowest BCUT2D eigenvalue weighted by molar-refractivity contribution is -0.0441. The molecule has 0 radical (unpaired) electrons. The topological polar surface area (TPSA) is 77.9 Å². The minimum atomic E-state index is -3.63. The van der Waals surface area contributed by atoms with Gasteiger partial charge in [0.2, 0.25) is 0 Å². The van der Waals surface area contributed by atoms with Gasteiger partial charge in [-0.3, -0.25) is 9.69 Å². The molecule has 39 heavy (non-hydrogen) atoms. The molecule has 0 bridgehead atoms. The van der Waals surface area contributed by atoms with Crippen LogP contribution in [0.15, 0.2) is 77.7 Å². The molecule has 3 aromatic carbocycles. The molecule has 0 aliphatic carbocycles. The Morgan fingerprint density at radius 1 is 0.872 bits per heavy atom. The van der Waals surface area contributed by atoms with E-state index in [-0.39, 0.29) is 10.6 Å². The van der Waals surface area contributed by atoms with Gasteiger partial charge in [0, 0.05) is 37.4 Å². The molecule has 1 unspecified atom stereocenters. The quantitative estimate of drug-likeness (QED) is 0.363. The number of carbonyl (C=O) groups is 1. The van der Waals surface area contributed by atoms with E-state index >= 15 is 0 Å². The summed E-state index contributed by atoms with van der Waals surface area (Å²) in [5.41, 5.74) is 0.905. The number of hydrogen-bond acceptors (Lipinski definition) is 6. The van der Waals surface area contributed by atoms with Crippen LogP contribution >= 0.6 is 23.2 Å². The molecule has 1 N–H and O–H groups in total. The van der Waals surface area contributed by atoms with Gasteiger partial charge in [0.25, 0.3) is 0 Å².